The van der Waals surface area contributed by atoms with Crippen molar-refractivity contribution in [3.8, 4) is 0 Å². The first kappa shape index (κ1) is 15.3. The summed E-state index contributed by atoms with van der Waals surface area (Å²) in [4.78, 5) is 0. The molecular weight excluding hydrogens is 222 g/mol. The minimum absolute atomic E-state index is 0.00699. The number of hydrogen-bond donors (Lipinski definition) is 2. The second-order valence-electron chi connectivity index (χ2n) is 7.73. The summed E-state index contributed by atoms with van der Waals surface area (Å²) in [5.74, 6) is 0.503. The van der Waals surface area contributed by atoms with Crippen molar-refractivity contribution in [2.75, 3.05) is 7.05 Å². The van der Waals surface area contributed by atoms with E-state index in [1.54, 1.807) is 0 Å². The average Bonchev–Trinajstić information content (AvgIpc) is 2.18. The van der Waals surface area contributed by atoms with E-state index in [1.165, 1.54) is 0 Å². The Kier molecular flexibility index (Phi) is 3.75. The van der Waals surface area contributed by atoms with Crippen molar-refractivity contribution in [1.29, 1.82) is 0 Å². The van der Waals surface area contributed by atoms with E-state index in [0.717, 1.165) is 17.6 Å². The topological polar surface area (TPSA) is 32.3 Å². The van der Waals surface area contributed by atoms with Crippen molar-refractivity contribution >= 4 is 0 Å². The minimum atomic E-state index is -0.0720. The molecule has 18 heavy (non-hydrogen) atoms. The molecular formula is C16H29NO. The monoisotopic (exact) mass is 251 g/mol. The van der Waals surface area contributed by atoms with E-state index in [-0.39, 0.29) is 16.4 Å². The number of hydrogen-bond acceptors (Lipinski definition) is 2. The third-order valence-electron chi connectivity index (χ3n) is 3.83. The number of nitrogens with one attached hydrogen (secondary N) is 1. The van der Waals surface area contributed by atoms with Crippen LogP contribution < -0.4 is 5.32 Å². The average molecular weight is 251 g/mol. The smallest absolute Gasteiger partial charge is 0.118 e. The van der Waals surface area contributed by atoms with Crippen molar-refractivity contribution in [3.63, 3.8) is 0 Å². The highest BCUT2D eigenvalue weighted by atomic mass is 16.3. The van der Waals surface area contributed by atoms with Gasteiger partial charge in [0, 0.05) is 5.54 Å². The first-order valence-electron chi connectivity index (χ1n) is 6.76. The van der Waals surface area contributed by atoms with E-state index >= 15 is 0 Å². The van der Waals surface area contributed by atoms with Gasteiger partial charge in [-0.2, -0.15) is 0 Å². The van der Waals surface area contributed by atoms with Gasteiger partial charge in [-0.25, -0.2) is 0 Å². The fourth-order valence-electron chi connectivity index (χ4n) is 2.40. The van der Waals surface area contributed by atoms with Crippen LogP contribution in [0.5, 0.6) is 0 Å². The molecule has 1 aliphatic carbocycles. The lowest BCUT2D eigenvalue weighted by molar-refractivity contribution is 0.307. The quantitative estimate of drug-likeness (QED) is 0.732. The number of aliphatic hydroxyl groups excluding tert-OH is 1. The molecule has 0 aromatic rings. The molecule has 2 N–H and O–H groups in total. The predicted octanol–water partition coefficient (Wildman–Crippen LogP) is 4.20. The van der Waals surface area contributed by atoms with E-state index in [0.29, 0.717) is 5.76 Å². The van der Waals surface area contributed by atoms with Gasteiger partial charge < -0.3 is 10.4 Å². The maximum absolute atomic E-state index is 10.6. The number of rotatable bonds is 1. The van der Waals surface area contributed by atoms with Gasteiger partial charge in [0.05, 0.1) is 0 Å². The minimum Gasteiger partial charge on any atom is -0.508 e. The SMILES string of the molecule is CNC1(C)C=C(C(C)(C)C)C(O)=C(C(C)(C)C)C1. The molecule has 0 aliphatic heterocycles. The van der Waals surface area contributed by atoms with Gasteiger partial charge in [-0.1, -0.05) is 47.6 Å². The van der Waals surface area contributed by atoms with Crippen LogP contribution in [0.25, 0.3) is 0 Å². The van der Waals surface area contributed by atoms with Crippen molar-refractivity contribution in [2.45, 2.75) is 60.4 Å². The first-order chi connectivity index (χ1) is 7.91. The molecule has 0 saturated carbocycles. The lowest BCUT2D eigenvalue weighted by Crippen LogP contribution is -2.43. The highest BCUT2D eigenvalue weighted by Crippen LogP contribution is 2.44. The van der Waals surface area contributed by atoms with E-state index in [9.17, 15) is 5.11 Å². The standard InChI is InChI=1S/C16H29NO/c1-14(2,3)11-9-16(7,17-8)10-12(13(11)18)15(4,5)6/h9,17-18H,10H2,1-8H3. The molecule has 0 aromatic heterocycles. The maximum Gasteiger partial charge on any atom is 0.118 e. The van der Waals surface area contributed by atoms with Gasteiger partial charge in [-0.15, -0.1) is 0 Å². The van der Waals surface area contributed by atoms with Crippen LogP contribution in [0.4, 0.5) is 0 Å². The van der Waals surface area contributed by atoms with Crippen LogP contribution in [0.15, 0.2) is 23.0 Å². The maximum atomic E-state index is 10.6. The van der Waals surface area contributed by atoms with Crippen LogP contribution in [0.2, 0.25) is 0 Å². The Bertz CT molecular complexity index is 390. The molecule has 0 spiro atoms. The summed E-state index contributed by atoms with van der Waals surface area (Å²) >= 11 is 0. The second kappa shape index (κ2) is 4.41. The number of allylic oxidation sites excluding steroid dienone is 1. The van der Waals surface area contributed by atoms with Crippen LogP contribution >= 0.6 is 0 Å². The predicted molar refractivity (Wildman–Crippen MR) is 78.7 cm³/mol. The van der Waals surface area contributed by atoms with E-state index in [1.807, 2.05) is 7.05 Å². The van der Waals surface area contributed by atoms with Crippen LogP contribution in [-0.4, -0.2) is 17.7 Å². The lowest BCUT2D eigenvalue weighted by atomic mass is 9.69. The fourth-order valence-corrected chi connectivity index (χ4v) is 2.40. The highest BCUT2D eigenvalue weighted by molar-refractivity contribution is 5.43. The van der Waals surface area contributed by atoms with Crippen LogP contribution in [0.3, 0.4) is 0 Å². The fraction of sp³-hybridized carbons (Fsp3) is 0.750. The summed E-state index contributed by atoms with van der Waals surface area (Å²) in [7, 11) is 1.99. The largest absolute Gasteiger partial charge is 0.508 e. The lowest BCUT2D eigenvalue weighted by Gasteiger charge is -2.40. The highest BCUT2D eigenvalue weighted by Gasteiger charge is 2.37. The zero-order valence-corrected chi connectivity index (χ0v) is 13.2. The molecule has 2 heteroatoms. The third kappa shape index (κ3) is 2.97. The summed E-state index contributed by atoms with van der Waals surface area (Å²) in [5.41, 5.74) is 2.08. The van der Waals surface area contributed by atoms with Crippen LogP contribution in [-0.2, 0) is 0 Å². The van der Waals surface area contributed by atoms with Gasteiger partial charge in [-0.05, 0) is 42.4 Å². The van der Waals surface area contributed by atoms with Gasteiger partial charge in [0.1, 0.15) is 5.76 Å². The van der Waals surface area contributed by atoms with Gasteiger partial charge >= 0.3 is 0 Å². The summed E-state index contributed by atoms with van der Waals surface area (Å²) < 4.78 is 0. The van der Waals surface area contributed by atoms with Crippen molar-refractivity contribution < 1.29 is 5.11 Å². The summed E-state index contributed by atoms with van der Waals surface area (Å²) in [6, 6.07) is 0. The van der Waals surface area contributed by atoms with Gasteiger partial charge in [0.2, 0.25) is 0 Å². The molecule has 0 bridgehead atoms. The molecule has 0 fully saturated rings. The zero-order chi connectivity index (χ0) is 14.4. The van der Waals surface area contributed by atoms with Gasteiger partial charge in [0.25, 0.3) is 0 Å². The Balaban J connectivity index is 3.41. The van der Waals surface area contributed by atoms with Crippen molar-refractivity contribution in [1.82, 2.24) is 5.32 Å². The third-order valence-corrected chi connectivity index (χ3v) is 3.83. The number of likely N-dealkylation sites (N-methyl/N-ethyl adjacent to an activating group) is 1. The molecule has 1 unspecified atom stereocenters. The van der Waals surface area contributed by atoms with Crippen molar-refractivity contribution in [2.24, 2.45) is 10.8 Å². The second-order valence-corrected chi connectivity index (χ2v) is 7.73. The van der Waals surface area contributed by atoms with E-state index in [4.69, 9.17) is 0 Å². The molecule has 104 valence electrons. The van der Waals surface area contributed by atoms with E-state index in [2.05, 4.69) is 59.9 Å². The molecule has 0 amide bonds. The molecule has 0 aromatic carbocycles. The molecule has 1 aliphatic rings. The Labute approximate surface area is 112 Å². The van der Waals surface area contributed by atoms with Crippen LogP contribution in [0.1, 0.15) is 54.9 Å². The first-order valence-corrected chi connectivity index (χ1v) is 6.76. The molecule has 2 nitrogen and oxygen atoms in total. The number of aliphatic hydroxyl groups is 1. The zero-order valence-electron chi connectivity index (χ0n) is 13.2. The van der Waals surface area contributed by atoms with Crippen molar-refractivity contribution in [3.05, 3.63) is 23.0 Å². The molecule has 1 rings (SSSR count). The molecule has 0 saturated heterocycles. The summed E-state index contributed by atoms with van der Waals surface area (Å²) in [5, 5.41) is 14.0. The Morgan fingerprint density at radius 3 is 1.94 bits per heavy atom. The van der Waals surface area contributed by atoms with Gasteiger partial charge in [-0.3, -0.25) is 0 Å². The summed E-state index contributed by atoms with van der Waals surface area (Å²) in [6.07, 6.45) is 3.05. The Hall–Kier alpha value is -0.760. The molecule has 1 atom stereocenters. The molecule has 0 heterocycles. The van der Waals surface area contributed by atoms with E-state index < -0.39 is 0 Å². The van der Waals surface area contributed by atoms with Gasteiger partial charge in [0.15, 0.2) is 0 Å². The summed E-state index contributed by atoms with van der Waals surface area (Å²) in [6.45, 7) is 15.1. The Morgan fingerprint density at radius 2 is 1.61 bits per heavy atom. The van der Waals surface area contributed by atoms with Crippen LogP contribution in [0, 0.1) is 10.8 Å². The normalized spacial score (nSPS) is 26.3. The molecule has 0 radical (unpaired) electrons. The Morgan fingerprint density at radius 1 is 1.11 bits per heavy atom.